The lowest BCUT2D eigenvalue weighted by atomic mass is 10.1. The van der Waals surface area contributed by atoms with Crippen molar-refractivity contribution in [2.45, 2.75) is 32.2 Å². The molecule has 0 aliphatic carbocycles. The van der Waals surface area contributed by atoms with Crippen LogP contribution < -0.4 is 11.1 Å². The number of hydrogen-bond donors (Lipinski definition) is 2. The summed E-state index contributed by atoms with van der Waals surface area (Å²) in [5.41, 5.74) is 5.24. The Hall–Kier alpha value is -1.56. The number of halogens is 3. The van der Waals surface area contributed by atoms with Crippen LogP contribution in [0.4, 0.5) is 13.2 Å². The molecular formula is C13H17F3N2O. The fourth-order valence-electron chi connectivity index (χ4n) is 1.59. The summed E-state index contributed by atoms with van der Waals surface area (Å²) in [4.78, 5) is 11.4. The molecule has 1 rings (SSSR count). The lowest BCUT2D eigenvalue weighted by Crippen LogP contribution is -2.23. The zero-order chi connectivity index (χ0) is 14.3. The first kappa shape index (κ1) is 15.5. The Bertz CT molecular complexity index is 438. The molecule has 0 radical (unpaired) electrons. The monoisotopic (exact) mass is 274 g/mol. The van der Waals surface area contributed by atoms with Crippen LogP contribution in [-0.2, 0) is 11.3 Å². The van der Waals surface area contributed by atoms with Crippen LogP contribution in [0.5, 0.6) is 0 Å². The molecule has 106 valence electrons. The molecule has 0 bridgehead atoms. The number of carbonyl (C=O) groups is 1. The first-order valence-electron chi connectivity index (χ1n) is 6.15. The molecule has 1 amide bonds. The second-order valence-electron chi connectivity index (χ2n) is 4.21. The molecule has 3 nitrogen and oxygen atoms in total. The smallest absolute Gasteiger partial charge is 0.220 e. The third kappa shape index (κ3) is 4.90. The van der Waals surface area contributed by atoms with E-state index < -0.39 is 17.5 Å². The maximum atomic E-state index is 13.3. The molecule has 0 heterocycles. The van der Waals surface area contributed by atoms with Gasteiger partial charge in [-0.3, -0.25) is 4.79 Å². The van der Waals surface area contributed by atoms with E-state index in [-0.39, 0.29) is 18.0 Å². The lowest BCUT2D eigenvalue weighted by molar-refractivity contribution is -0.121. The van der Waals surface area contributed by atoms with Crippen LogP contribution in [0.2, 0.25) is 0 Å². The average Bonchev–Trinajstić information content (AvgIpc) is 2.40. The van der Waals surface area contributed by atoms with Gasteiger partial charge in [-0.15, -0.1) is 0 Å². The van der Waals surface area contributed by atoms with Gasteiger partial charge in [0.2, 0.25) is 5.91 Å². The molecule has 6 heteroatoms. The van der Waals surface area contributed by atoms with Gasteiger partial charge in [0.15, 0.2) is 17.5 Å². The van der Waals surface area contributed by atoms with Crippen LogP contribution in [0, 0.1) is 17.5 Å². The predicted molar refractivity (Wildman–Crippen MR) is 65.7 cm³/mol. The standard InChI is InChI=1S/C13H17F3N2O/c14-10-6-5-9(12(15)13(10)16)8-18-11(19)4-2-1-3-7-17/h5-6H,1-4,7-8,17H2,(H,18,19). The maximum Gasteiger partial charge on any atom is 0.220 e. The summed E-state index contributed by atoms with van der Waals surface area (Å²) in [6, 6.07) is 1.95. The summed E-state index contributed by atoms with van der Waals surface area (Å²) >= 11 is 0. The number of hydrogen-bond acceptors (Lipinski definition) is 2. The Balaban J connectivity index is 2.40. The quantitative estimate of drug-likeness (QED) is 0.592. The van der Waals surface area contributed by atoms with E-state index in [1.54, 1.807) is 0 Å². The van der Waals surface area contributed by atoms with Gasteiger partial charge in [0.25, 0.3) is 0 Å². The average molecular weight is 274 g/mol. The summed E-state index contributed by atoms with van der Waals surface area (Å²) < 4.78 is 38.9. The highest BCUT2D eigenvalue weighted by molar-refractivity contribution is 5.75. The van der Waals surface area contributed by atoms with Crippen molar-refractivity contribution in [2.24, 2.45) is 5.73 Å². The summed E-state index contributed by atoms with van der Waals surface area (Å²) in [5.74, 6) is -4.27. The number of carbonyl (C=O) groups excluding carboxylic acids is 1. The fourth-order valence-corrected chi connectivity index (χ4v) is 1.59. The number of amides is 1. The maximum absolute atomic E-state index is 13.3. The summed E-state index contributed by atoms with van der Waals surface area (Å²) in [6.45, 7) is 0.431. The summed E-state index contributed by atoms with van der Waals surface area (Å²) in [7, 11) is 0. The SMILES string of the molecule is NCCCCCC(=O)NCc1ccc(F)c(F)c1F. The van der Waals surface area contributed by atoms with Gasteiger partial charge >= 0.3 is 0 Å². The van der Waals surface area contributed by atoms with Crippen LogP contribution in [0.25, 0.3) is 0 Å². The van der Waals surface area contributed by atoms with Crippen molar-refractivity contribution < 1.29 is 18.0 Å². The molecule has 0 aliphatic rings. The molecule has 0 spiro atoms. The van der Waals surface area contributed by atoms with Crippen molar-refractivity contribution in [3.63, 3.8) is 0 Å². The Morgan fingerprint density at radius 3 is 2.53 bits per heavy atom. The van der Waals surface area contributed by atoms with E-state index in [0.29, 0.717) is 19.4 Å². The minimum atomic E-state index is -1.52. The van der Waals surface area contributed by atoms with Gasteiger partial charge in [0, 0.05) is 18.5 Å². The molecule has 0 aliphatic heterocycles. The highest BCUT2D eigenvalue weighted by atomic mass is 19.2. The van der Waals surface area contributed by atoms with Gasteiger partial charge in [-0.1, -0.05) is 12.5 Å². The van der Waals surface area contributed by atoms with Crippen molar-refractivity contribution in [1.82, 2.24) is 5.32 Å². The predicted octanol–water partition coefficient (Wildman–Crippen LogP) is 2.24. The van der Waals surface area contributed by atoms with Gasteiger partial charge in [0.1, 0.15) is 0 Å². The van der Waals surface area contributed by atoms with Crippen molar-refractivity contribution in [1.29, 1.82) is 0 Å². The highest BCUT2D eigenvalue weighted by Crippen LogP contribution is 2.14. The van der Waals surface area contributed by atoms with Crippen LogP contribution in [0.1, 0.15) is 31.2 Å². The molecule has 3 N–H and O–H groups in total. The van der Waals surface area contributed by atoms with Crippen molar-refractivity contribution in [2.75, 3.05) is 6.54 Å². The van der Waals surface area contributed by atoms with E-state index in [1.807, 2.05) is 0 Å². The Labute approximate surface area is 110 Å². The normalized spacial score (nSPS) is 10.5. The number of nitrogens with two attached hydrogens (primary N) is 1. The topological polar surface area (TPSA) is 55.1 Å². The molecule has 0 fully saturated rings. The first-order chi connectivity index (χ1) is 9.06. The zero-order valence-electron chi connectivity index (χ0n) is 10.5. The fraction of sp³-hybridized carbons (Fsp3) is 0.462. The van der Waals surface area contributed by atoms with Crippen LogP contribution in [0.3, 0.4) is 0 Å². The van der Waals surface area contributed by atoms with E-state index in [9.17, 15) is 18.0 Å². The number of benzene rings is 1. The Morgan fingerprint density at radius 1 is 1.11 bits per heavy atom. The van der Waals surface area contributed by atoms with E-state index in [0.717, 1.165) is 25.0 Å². The largest absolute Gasteiger partial charge is 0.352 e. The minimum Gasteiger partial charge on any atom is -0.352 e. The van der Waals surface area contributed by atoms with E-state index >= 15 is 0 Å². The lowest BCUT2D eigenvalue weighted by Gasteiger charge is -2.07. The summed E-state index contributed by atoms with van der Waals surface area (Å²) in [5, 5.41) is 2.46. The molecule has 0 unspecified atom stereocenters. The van der Waals surface area contributed by atoms with Crippen molar-refractivity contribution in [3.8, 4) is 0 Å². The second-order valence-corrected chi connectivity index (χ2v) is 4.21. The van der Waals surface area contributed by atoms with Crippen LogP contribution >= 0.6 is 0 Å². The van der Waals surface area contributed by atoms with Crippen molar-refractivity contribution in [3.05, 3.63) is 35.1 Å². The molecule has 0 aromatic heterocycles. The second kappa shape index (κ2) is 7.78. The third-order valence-corrected chi connectivity index (χ3v) is 2.70. The van der Waals surface area contributed by atoms with E-state index in [1.165, 1.54) is 0 Å². The Kier molecular flexibility index (Phi) is 6.35. The van der Waals surface area contributed by atoms with Gasteiger partial charge in [-0.2, -0.15) is 0 Å². The van der Waals surface area contributed by atoms with Gasteiger partial charge < -0.3 is 11.1 Å². The zero-order valence-corrected chi connectivity index (χ0v) is 10.5. The minimum absolute atomic E-state index is 0.0748. The summed E-state index contributed by atoms with van der Waals surface area (Å²) in [6.07, 6.45) is 2.71. The van der Waals surface area contributed by atoms with Crippen molar-refractivity contribution >= 4 is 5.91 Å². The molecule has 0 saturated carbocycles. The number of rotatable bonds is 7. The molecule has 0 saturated heterocycles. The van der Waals surface area contributed by atoms with E-state index in [2.05, 4.69) is 5.32 Å². The van der Waals surface area contributed by atoms with Crippen LogP contribution in [-0.4, -0.2) is 12.5 Å². The van der Waals surface area contributed by atoms with Crippen LogP contribution in [0.15, 0.2) is 12.1 Å². The van der Waals surface area contributed by atoms with Gasteiger partial charge in [0.05, 0.1) is 0 Å². The number of nitrogens with one attached hydrogen (secondary N) is 1. The Morgan fingerprint density at radius 2 is 1.84 bits per heavy atom. The highest BCUT2D eigenvalue weighted by Gasteiger charge is 2.13. The molecular weight excluding hydrogens is 257 g/mol. The van der Waals surface area contributed by atoms with Gasteiger partial charge in [-0.05, 0) is 25.5 Å². The molecule has 1 aromatic rings. The molecule has 0 atom stereocenters. The number of unbranched alkanes of at least 4 members (excludes halogenated alkanes) is 2. The molecule has 19 heavy (non-hydrogen) atoms. The molecule has 1 aromatic carbocycles. The third-order valence-electron chi connectivity index (χ3n) is 2.70. The first-order valence-corrected chi connectivity index (χ1v) is 6.15. The van der Waals surface area contributed by atoms with E-state index in [4.69, 9.17) is 5.73 Å². The van der Waals surface area contributed by atoms with Gasteiger partial charge in [-0.25, -0.2) is 13.2 Å².